The largest absolute Gasteiger partial charge is 0.444 e. The van der Waals surface area contributed by atoms with Gasteiger partial charge in [-0.15, -0.1) is 0 Å². The summed E-state index contributed by atoms with van der Waals surface area (Å²) >= 11 is 0. The van der Waals surface area contributed by atoms with Crippen LogP contribution >= 0.6 is 0 Å². The molecule has 1 amide bonds. The van der Waals surface area contributed by atoms with Gasteiger partial charge < -0.3 is 20.3 Å². The van der Waals surface area contributed by atoms with Crippen LogP contribution in [0, 0.1) is 5.41 Å². The van der Waals surface area contributed by atoms with Crippen LogP contribution in [-0.4, -0.2) is 60.2 Å². The first kappa shape index (κ1) is 17.9. The maximum atomic E-state index is 12.1. The quantitative estimate of drug-likeness (QED) is 0.625. The molecule has 6 nitrogen and oxygen atoms in total. The van der Waals surface area contributed by atoms with Crippen LogP contribution in [0.5, 0.6) is 0 Å². The number of hydrogen-bond acceptors (Lipinski definition) is 3. The number of amides is 1. The molecule has 2 rings (SSSR count). The van der Waals surface area contributed by atoms with Crippen LogP contribution < -0.4 is 5.73 Å². The van der Waals surface area contributed by atoms with E-state index >= 15 is 0 Å². The molecular weight excluding hydrogens is 292 g/mol. The molecule has 1 saturated carbocycles. The summed E-state index contributed by atoms with van der Waals surface area (Å²) in [4.78, 5) is 20.5. The fourth-order valence-electron chi connectivity index (χ4n) is 3.20. The summed E-state index contributed by atoms with van der Waals surface area (Å²) in [5.41, 5.74) is 6.02. The molecular formula is C17H32N4O2. The van der Waals surface area contributed by atoms with E-state index in [0.717, 1.165) is 6.54 Å². The molecule has 2 N–H and O–H groups in total. The standard InChI is InChI=1S/C17H32N4O2/c1-16(2,3)23-15(22)21-11-9-20(10-12-21)14(18)19-13-17(4)7-5-6-8-17/h5-13H2,1-4H3,(H2,18,19). The highest BCUT2D eigenvalue weighted by Gasteiger charge is 2.29. The molecule has 1 aliphatic carbocycles. The average molecular weight is 324 g/mol. The minimum Gasteiger partial charge on any atom is -0.444 e. The second kappa shape index (κ2) is 6.97. The fraction of sp³-hybridized carbons (Fsp3) is 0.882. The number of nitrogens with zero attached hydrogens (tertiary/aromatic N) is 3. The number of nitrogens with two attached hydrogens (primary N) is 1. The Bertz CT molecular complexity index is 442. The predicted molar refractivity (Wildman–Crippen MR) is 92.4 cm³/mol. The van der Waals surface area contributed by atoms with E-state index in [9.17, 15) is 4.79 Å². The molecule has 0 unspecified atom stereocenters. The minimum atomic E-state index is -0.453. The third-order valence-corrected chi connectivity index (χ3v) is 4.69. The summed E-state index contributed by atoms with van der Waals surface area (Å²) in [6.07, 6.45) is 4.86. The molecule has 0 spiro atoms. The molecule has 0 aromatic heterocycles. The molecule has 0 bridgehead atoms. The zero-order chi connectivity index (χ0) is 17.1. The second-order valence-corrected chi connectivity index (χ2v) is 8.15. The molecule has 1 heterocycles. The van der Waals surface area contributed by atoms with Gasteiger partial charge in [-0.3, -0.25) is 4.99 Å². The Kier molecular flexibility index (Phi) is 5.42. The van der Waals surface area contributed by atoms with Gasteiger partial charge in [0.2, 0.25) is 0 Å². The van der Waals surface area contributed by atoms with Gasteiger partial charge in [-0.05, 0) is 39.0 Å². The van der Waals surface area contributed by atoms with E-state index < -0.39 is 5.60 Å². The maximum Gasteiger partial charge on any atom is 0.410 e. The molecule has 0 aromatic carbocycles. The van der Waals surface area contributed by atoms with E-state index in [4.69, 9.17) is 10.5 Å². The van der Waals surface area contributed by atoms with E-state index in [-0.39, 0.29) is 6.09 Å². The van der Waals surface area contributed by atoms with Gasteiger partial charge in [0.15, 0.2) is 5.96 Å². The molecule has 1 saturated heterocycles. The van der Waals surface area contributed by atoms with Crippen LogP contribution in [0.1, 0.15) is 53.4 Å². The van der Waals surface area contributed by atoms with Gasteiger partial charge in [0, 0.05) is 32.7 Å². The van der Waals surface area contributed by atoms with Crippen molar-refractivity contribution >= 4 is 12.1 Å². The van der Waals surface area contributed by atoms with Crippen molar-refractivity contribution in [1.82, 2.24) is 9.80 Å². The summed E-state index contributed by atoms with van der Waals surface area (Å²) in [6.45, 7) is 11.4. The van der Waals surface area contributed by atoms with Crippen molar-refractivity contribution in [1.29, 1.82) is 0 Å². The van der Waals surface area contributed by atoms with Gasteiger partial charge in [-0.2, -0.15) is 0 Å². The number of piperazine rings is 1. The molecule has 0 radical (unpaired) electrons. The lowest BCUT2D eigenvalue weighted by atomic mass is 9.89. The third-order valence-electron chi connectivity index (χ3n) is 4.69. The minimum absolute atomic E-state index is 0.244. The van der Waals surface area contributed by atoms with Crippen LogP contribution in [0.2, 0.25) is 0 Å². The van der Waals surface area contributed by atoms with E-state index in [2.05, 4.69) is 16.8 Å². The normalized spacial score (nSPS) is 22.3. The van der Waals surface area contributed by atoms with Crippen molar-refractivity contribution in [3.05, 3.63) is 0 Å². The Hall–Kier alpha value is -1.46. The van der Waals surface area contributed by atoms with Crippen molar-refractivity contribution in [2.45, 2.75) is 59.0 Å². The van der Waals surface area contributed by atoms with E-state index in [0.29, 0.717) is 37.6 Å². The first-order valence-corrected chi connectivity index (χ1v) is 8.71. The van der Waals surface area contributed by atoms with Gasteiger partial charge in [-0.1, -0.05) is 19.8 Å². The molecule has 2 fully saturated rings. The molecule has 1 aliphatic heterocycles. The SMILES string of the molecule is CC1(CN=C(N)N2CCN(C(=O)OC(C)(C)C)CC2)CCCC1. The van der Waals surface area contributed by atoms with Crippen molar-refractivity contribution in [2.75, 3.05) is 32.7 Å². The smallest absolute Gasteiger partial charge is 0.410 e. The zero-order valence-electron chi connectivity index (χ0n) is 15.1. The summed E-state index contributed by atoms with van der Waals surface area (Å²) in [5.74, 6) is 0.613. The highest BCUT2D eigenvalue weighted by Crippen LogP contribution is 2.37. The van der Waals surface area contributed by atoms with Crippen LogP contribution in [0.15, 0.2) is 4.99 Å². The van der Waals surface area contributed by atoms with Gasteiger partial charge in [-0.25, -0.2) is 4.79 Å². The highest BCUT2D eigenvalue weighted by molar-refractivity contribution is 5.78. The number of rotatable bonds is 2. The van der Waals surface area contributed by atoms with Crippen LogP contribution in [-0.2, 0) is 4.74 Å². The lowest BCUT2D eigenvalue weighted by Gasteiger charge is -2.36. The number of carbonyl (C=O) groups is 1. The number of ether oxygens (including phenoxy) is 1. The van der Waals surface area contributed by atoms with Gasteiger partial charge in [0.05, 0.1) is 0 Å². The van der Waals surface area contributed by atoms with E-state index in [1.807, 2.05) is 20.8 Å². The summed E-state index contributed by atoms with van der Waals surface area (Å²) in [7, 11) is 0. The van der Waals surface area contributed by atoms with Crippen LogP contribution in [0.3, 0.4) is 0 Å². The lowest BCUT2D eigenvalue weighted by molar-refractivity contribution is 0.0186. The molecule has 23 heavy (non-hydrogen) atoms. The fourth-order valence-corrected chi connectivity index (χ4v) is 3.20. The summed E-state index contributed by atoms with van der Waals surface area (Å²) in [6, 6.07) is 0. The summed E-state index contributed by atoms with van der Waals surface area (Å²) < 4.78 is 5.41. The number of hydrogen-bond donors (Lipinski definition) is 1. The first-order valence-electron chi connectivity index (χ1n) is 8.71. The van der Waals surface area contributed by atoms with Crippen LogP contribution in [0.25, 0.3) is 0 Å². The van der Waals surface area contributed by atoms with Crippen molar-refractivity contribution < 1.29 is 9.53 Å². The number of carbonyl (C=O) groups excluding carboxylic acids is 1. The number of guanidine groups is 1. The van der Waals surface area contributed by atoms with E-state index in [1.54, 1.807) is 4.90 Å². The van der Waals surface area contributed by atoms with E-state index in [1.165, 1.54) is 25.7 Å². The van der Waals surface area contributed by atoms with Gasteiger partial charge >= 0.3 is 6.09 Å². The third kappa shape index (κ3) is 5.29. The van der Waals surface area contributed by atoms with Crippen molar-refractivity contribution in [3.63, 3.8) is 0 Å². The van der Waals surface area contributed by atoms with Gasteiger partial charge in [0.25, 0.3) is 0 Å². The Labute approximate surface area is 140 Å². The Morgan fingerprint density at radius 1 is 1.13 bits per heavy atom. The Morgan fingerprint density at radius 2 is 1.65 bits per heavy atom. The Balaban J connectivity index is 1.80. The second-order valence-electron chi connectivity index (χ2n) is 8.15. The lowest BCUT2D eigenvalue weighted by Crippen LogP contribution is -2.53. The predicted octanol–water partition coefficient (Wildman–Crippen LogP) is 2.43. The molecule has 0 aromatic rings. The zero-order valence-corrected chi connectivity index (χ0v) is 15.1. The maximum absolute atomic E-state index is 12.1. The molecule has 0 atom stereocenters. The van der Waals surface area contributed by atoms with Crippen LogP contribution in [0.4, 0.5) is 4.79 Å². The molecule has 132 valence electrons. The van der Waals surface area contributed by atoms with Crippen molar-refractivity contribution in [2.24, 2.45) is 16.1 Å². The Morgan fingerprint density at radius 3 is 2.17 bits per heavy atom. The first-order chi connectivity index (χ1) is 10.7. The van der Waals surface area contributed by atoms with Crippen molar-refractivity contribution in [3.8, 4) is 0 Å². The monoisotopic (exact) mass is 324 g/mol. The molecule has 2 aliphatic rings. The topological polar surface area (TPSA) is 71.2 Å². The summed E-state index contributed by atoms with van der Waals surface area (Å²) in [5, 5.41) is 0. The average Bonchev–Trinajstić information content (AvgIpc) is 2.90. The highest BCUT2D eigenvalue weighted by atomic mass is 16.6. The molecule has 6 heteroatoms. The number of aliphatic imine (C=N–C) groups is 1. The van der Waals surface area contributed by atoms with Gasteiger partial charge in [0.1, 0.15) is 5.60 Å².